The minimum atomic E-state index is -1.11. The Labute approximate surface area is 156 Å². The van der Waals surface area contributed by atoms with E-state index in [4.69, 9.17) is 5.73 Å². The van der Waals surface area contributed by atoms with E-state index in [2.05, 4.69) is 5.32 Å². The van der Waals surface area contributed by atoms with Crippen LogP contribution in [0.3, 0.4) is 0 Å². The molecule has 7 atom stereocenters. The van der Waals surface area contributed by atoms with Crippen molar-refractivity contribution in [1.29, 1.82) is 0 Å². The fraction of sp³-hybridized carbons (Fsp3) is 0.765. The van der Waals surface area contributed by atoms with E-state index in [1.165, 1.54) is 16.7 Å². The summed E-state index contributed by atoms with van der Waals surface area (Å²) in [5.41, 5.74) is 5.55. The molecular weight excluding hydrogens is 358 g/mol. The molecule has 0 saturated carbocycles. The molecule has 1 unspecified atom stereocenters. The summed E-state index contributed by atoms with van der Waals surface area (Å²) in [6.07, 6.45) is -0.0716. The first-order valence-corrected chi connectivity index (χ1v) is 9.92. The summed E-state index contributed by atoms with van der Waals surface area (Å²) >= 11 is 1.48. The van der Waals surface area contributed by atoms with Gasteiger partial charge in [0.15, 0.2) is 0 Å². The average Bonchev–Trinajstić information content (AvgIpc) is 3.11. The molecule has 0 bridgehead atoms. The van der Waals surface area contributed by atoms with Crippen LogP contribution in [0.2, 0.25) is 0 Å². The second-order valence-electron chi connectivity index (χ2n) is 7.41. The normalized spacial score (nSPS) is 36.1. The van der Waals surface area contributed by atoms with E-state index in [9.17, 15) is 24.9 Å². The second kappa shape index (κ2) is 7.47. The van der Waals surface area contributed by atoms with E-state index in [-0.39, 0.29) is 34.9 Å². The highest BCUT2D eigenvalue weighted by Crippen LogP contribution is 2.51. The van der Waals surface area contributed by atoms with E-state index >= 15 is 0 Å². The molecule has 3 aliphatic rings. The maximum atomic E-state index is 12.3. The quantitative estimate of drug-likeness (QED) is 0.364. The summed E-state index contributed by atoms with van der Waals surface area (Å²) in [4.78, 5) is 26.2. The maximum Gasteiger partial charge on any atom is 0.353 e. The van der Waals surface area contributed by atoms with Crippen molar-refractivity contribution in [3.05, 3.63) is 10.6 Å². The number of carbonyl (C=O) groups excluding carboxylic acids is 1. The fourth-order valence-corrected chi connectivity index (χ4v) is 5.84. The topological polar surface area (TPSA) is 136 Å². The number of hydrogen-bond donors (Lipinski definition) is 5. The van der Waals surface area contributed by atoms with Gasteiger partial charge in [0.2, 0.25) is 5.91 Å². The van der Waals surface area contributed by atoms with Gasteiger partial charge in [-0.25, -0.2) is 4.79 Å². The first kappa shape index (κ1) is 19.6. The lowest BCUT2D eigenvalue weighted by atomic mass is 9.79. The van der Waals surface area contributed by atoms with Crippen molar-refractivity contribution in [2.45, 2.75) is 56.2 Å². The molecule has 3 aliphatic heterocycles. The molecule has 1 amide bonds. The highest BCUT2D eigenvalue weighted by Gasteiger charge is 2.60. The summed E-state index contributed by atoms with van der Waals surface area (Å²) in [7, 11) is 0. The zero-order chi connectivity index (χ0) is 19.2. The number of thioether (sulfide) groups is 1. The predicted octanol–water partition coefficient (Wildman–Crippen LogP) is -0.686. The van der Waals surface area contributed by atoms with Crippen LogP contribution >= 0.6 is 11.8 Å². The van der Waals surface area contributed by atoms with Crippen LogP contribution < -0.4 is 11.1 Å². The molecule has 3 rings (SSSR count). The van der Waals surface area contributed by atoms with Gasteiger partial charge >= 0.3 is 5.97 Å². The zero-order valence-corrected chi connectivity index (χ0v) is 15.8. The van der Waals surface area contributed by atoms with Gasteiger partial charge in [0, 0.05) is 28.7 Å². The van der Waals surface area contributed by atoms with Gasteiger partial charge in [-0.15, -0.1) is 11.8 Å². The van der Waals surface area contributed by atoms with E-state index < -0.39 is 24.1 Å². The number of aliphatic hydroxyl groups excluding tert-OH is 2. The Morgan fingerprint density at radius 1 is 1.46 bits per heavy atom. The summed E-state index contributed by atoms with van der Waals surface area (Å²) < 4.78 is 0. The Balaban J connectivity index is 1.75. The van der Waals surface area contributed by atoms with Crippen LogP contribution in [0.5, 0.6) is 0 Å². The number of aliphatic hydroxyl groups is 2. The molecule has 0 aromatic carbocycles. The van der Waals surface area contributed by atoms with Crippen LogP contribution in [-0.4, -0.2) is 74.7 Å². The van der Waals surface area contributed by atoms with Crippen LogP contribution in [0.4, 0.5) is 0 Å². The smallest absolute Gasteiger partial charge is 0.353 e. The highest BCUT2D eigenvalue weighted by atomic mass is 32.2. The van der Waals surface area contributed by atoms with E-state index in [1.807, 2.05) is 6.92 Å². The largest absolute Gasteiger partial charge is 0.477 e. The Bertz CT molecular complexity index is 626. The molecule has 2 fully saturated rings. The van der Waals surface area contributed by atoms with Crippen molar-refractivity contribution in [3.8, 4) is 0 Å². The van der Waals surface area contributed by atoms with Crippen LogP contribution in [-0.2, 0) is 9.59 Å². The Hall–Kier alpha value is -1.13. The number of rotatable bonds is 7. The SMILES string of the molecule is C[C@@H](O)[C@H]1C(=O)N2C(C(=O)O)=C(S[C@@H]3CN[C@H](C(O)CCN)C3)[C@H](C)[C@H]12. The average molecular weight is 385 g/mol. The van der Waals surface area contributed by atoms with Gasteiger partial charge in [0.1, 0.15) is 5.70 Å². The Kier molecular flexibility index (Phi) is 5.64. The van der Waals surface area contributed by atoms with Crippen LogP contribution in [0, 0.1) is 11.8 Å². The highest BCUT2D eigenvalue weighted by molar-refractivity contribution is 8.03. The van der Waals surface area contributed by atoms with Gasteiger partial charge in [0.25, 0.3) is 0 Å². The van der Waals surface area contributed by atoms with Gasteiger partial charge in [-0.3, -0.25) is 4.79 Å². The molecule has 146 valence electrons. The third-order valence-corrected chi connectivity index (χ3v) is 7.17. The number of nitrogens with zero attached hydrogens (tertiary/aromatic N) is 1. The molecule has 0 aromatic rings. The van der Waals surface area contributed by atoms with Crippen molar-refractivity contribution in [2.24, 2.45) is 17.6 Å². The minimum Gasteiger partial charge on any atom is -0.477 e. The number of hydrogen-bond acceptors (Lipinski definition) is 7. The molecule has 0 aliphatic carbocycles. The van der Waals surface area contributed by atoms with Gasteiger partial charge in [0.05, 0.1) is 24.2 Å². The van der Waals surface area contributed by atoms with Crippen LogP contribution in [0.25, 0.3) is 0 Å². The molecule has 2 saturated heterocycles. The third-order valence-electron chi connectivity index (χ3n) is 5.66. The lowest BCUT2D eigenvalue weighted by molar-refractivity contribution is -0.163. The van der Waals surface area contributed by atoms with Gasteiger partial charge in [-0.1, -0.05) is 6.92 Å². The monoisotopic (exact) mass is 385 g/mol. The summed E-state index contributed by atoms with van der Waals surface area (Å²) in [6, 6.07) is -0.338. The van der Waals surface area contributed by atoms with E-state index in [0.717, 1.165) is 0 Å². The lowest BCUT2D eigenvalue weighted by Crippen LogP contribution is -2.63. The molecule has 6 N–H and O–H groups in total. The number of carboxylic acid groups (broad SMARTS) is 1. The van der Waals surface area contributed by atoms with E-state index in [0.29, 0.717) is 30.8 Å². The molecular formula is C17H27N3O5S. The first-order valence-electron chi connectivity index (χ1n) is 9.04. The maximum absolute atomic E-state index is 12.3. The number of carbonyl (C=O) groups is 2. The molecule has 9 heteroatoms. The molecule has 0 radical (unpaired) electrons. The standard InChI is InChI=1S/C17H27N3O5S/c1-7-13-12(8(2)21)16(23)20(13)14(17(24)25)15(7)26-9-5-10(19-6-9)11(22)3-4-18/h7-13,19,21-22H,3-6,18H2,1-2H3,(H,24,25)/t7-,8-,9+,10+,11?,12-,13-/m1/s1. The Morgan fingerprint density at radius 2 is 2.15 bits per heavy atom. The summed E-state index contributed by atoms with van der Waals surface area (Å²) in [5, 5.41) is 33.0. The zero-order valence-electron chi connectivity index (χ0n) is 15.0. The number of β-lactam (4-membered cyclic amide) rings is 1. The number of nitrogens with two attached hydrogens (primary N) is 1. The van der Waals surface area contributed by atoms with Crippen molar-refractivity contribution in [2.75, 3.05) is 13.1 Å². The van der Waals surface area contributed by atoms with Gasteiger partial charge < -0.3 is 31.3 Å². The van der Waals surface area contributed by atoms with Crippen molar-refractivity contribution in [3.63, 3.8) is 0 Å². The summed E-state index contributed by atoms with van der Waals surface area (Å²) in [6.45, 7) is 4.57. The van der Waals surface area contributed by atoms with Crippen molar-refractivity contribution in [1.82, 2.24) is 10.2 Å². The first-order chi connectivity index (χ1) is 12.3. The van der Waals surface area contributed by atoms with Crippen molar-refractivity contribution >= 4 is 23.6 Å². The second-order valence-corrected chi connectivity index (χ2v) is 8.75. The number of fused-ring (bicyclic) bond motifs is 1. The third kappa shape index (κ3) is 3.16. The molecule has 3 heterocycles. The summed E-state index contributed by atoms with van der Waals surface area (Å²) in [5.74, 6) is -2.09. The number of carboxylic acids is 1. The molecule has 26 heavy (non-hydrogen) atoms. The molecule has 0 aromatic heterocycles. The van der Waals surface area contributed by atoms with Crippen LogP contribution in [0.1, 0.15) is 26.7 Å². The van der Waals surface area contributed by atoms with Crippen LogP contribution in [0.15, 0.2) is 10.6 Å². The van der Waals surface area contributed by atoms with Crippen molar-refractivity contribution < 1.29 is 24.9 Å². The molecule has 0 spiro atoms. The number of amides is 1. The van der Waals surface area contributed by atoms with Gasteiger partial charge in [-0.05, 0) is 26.3 Å². The minimum absolute atomic E-state index is 0.0505. The fourth-order valence-electron chi connectivity index (χ4n) is 4.35. The predicted molar refractivity (Wildman–Crippen MR) is 97.1 cm³/mol. The number of nitrogens with one attached hydrogen (secondary N) is 1. The van der Waals surface area contributed by atoms with Gasteiger partial charge in [-0.2, -0.15) is 0 Å². The Morgan fingerprint density at radius 3 is 2.73 bits per heavy atom. The lowest BCUT2D eigenvalue weighted by Gasteiger charge is -2.46. The number of aliphatic carboxylic acids is 1. The molecule has 8 nitrogen and oxygen atoms in total. The van der Waals surface area contributed by atoms with E-state index in [1.54, 1.807) is 6.92 Å².